The molecule has 0 aromatic rings. The Morgan fingerprint density at radius 1 is 1.33 bits per heavy atom. The summed E-state index contributed by atoms with van der Waals surface area (Å²) in [5.41, 5.74) is 0. The second-order valence-electron chi connectivity index (χ2n) is 4.65. The summed E-state index contributed by atoms with van der Waals surface area (Å²) >= 11 is 0. The van der Waals surface area contributed by atoms with Crippen molar-refractivity contribution in [3.63, 3.8) is 0 Å². The largest absolute Gasteiger partial charge is 0.480 e. The van der Waals surface area contributed by atoms with Gasteiger partial charge in [-0.3, -0.25) is 4.79 Å². The number of hydrogen-bond donors (Lipinski definition) is 3. The molecule has 0 aliphatic heterocycles. The fraction of sp³-hybridized carbons (Fsp3) is 0.917. The van der Waals surface area contributed by atoms with Gasteiger partial charge in [0.1, 0.15) is 6.04 Å². The highest BCUT2D eigenvalue weighted by Gasteiger charge is 2.19. The third kappa shape index (κ3) is 9.35. The van der Waals surface area contributed by atoms with E-state index in [9.17, 15) is 9.90 Å². The average molecular weight is 263 g/mol. The second kappa shape index (κ2) is 10.3. The zero-order chi connectivity index (χ0) is 14.0. The first kappa shape index (κ1) is 17.3. The van der Waals surface area contributed by atoms with Crippen molar-refractivity contribution < 1.29 is 24.5 Å². The smallest absolute Gasteiger partial charge is 0.320 e. The van der Waals surface area contributed by atoms with Crippen LogP contribution in [0.5, 0.6) is 0 Å². The lowest BCUT2D eigenvalue weighted by molar-refractivity contribution is -0.140. The van der Waals surface area contributed by atoms with Gasteiger partial charge in [-0.2, -0.15) is 0 Å². The fourth-order valence-corrected chi connectivity index (χ4v) is 1.44. The van der Waals surface area contributed by atoms with E-state index in [2.05, 4.69) is 5.32 Å². The monoisotopic (exact) mass is 263 g/mol. The van der Waals surface area contributed by atoms with E-state index in [0.29, 0.717) is 19.6 Å². The van der Waals surface area contributed by atoms with Gasteiger partial charge in [-0.05, 0) is 12.3 Å². The number of nitrogens with one attached hydrogen (secondary N) is 1. The number of rotatable bonds is 11. The van der Waals surface area contributed by atoms with Crippen molar-refractivity contribution in [2.75, 3.05) is 33.5 Å². The van der Waals surface area contributed by atoms with Gasteiger partial charge in [0.15, 0.2) is 0 Å². The highest BCUT2D eigenvalue weighted by molar-refractivity contribution is 5.73. The summed E-state index contributed by atoms with van der Waals surface area (Å²) in [5.74, 6) is -0.607. The average Bonchev–Trinajstić information content (AvgIpc) is 2.29. The molecule has 0 saturated carbocycles. The standard InChI is InChI=1S/C12H25NO5/c1-9(2)6-11(12(15)16)13-7-10(14)8-18-5-4-17-3/h9-11,13-14H,4-8H2,1-3H3,(H,15,16). The van der Waals surface area contributed by atoms with Crippen LogP contribution in [-0.4, -0.2) is 61.8 Å². The van der Waals surface area contributed by atoms with Crippen molar-refractivity contribution >= 4 is 5.97 Å². The summed E-state index contributed by atoms with van der Waals surface area (Å²) in [6, 6.07) is -0.626. The highest BCUT2D eigenvalue weighted by Crippen LogP contribution is 2.04. The number of hydrogen-bond acceptors (Lipinski definition) is 5. The van der Waals surface area contributed by atoms with E-state index >= 15 is 0 Å². The molecule has 3 N–H and O–H groups in total. The zero-order valence-electron chi connectivity index (χ0n) is 11.4. The van der Waals surface area contributed by atoms with Crippen LogP contribution in [0.2, 0.25) is 0 Å². The Balaban J connectivity index is 3.78. The van der Waals surface area contributed by atoms with Crippen LogP contribution in [0.25, 0.3) is 0 Å². The maximum Gasteiger partial charge on any atom is 0.320 e. The maximum absolute atomic E-state index is 11.0. The molecule has 0 amide bonds. The van der Waals surface area contributed by atoms with Crippen molar-refractivity contribution in [1.82, 2.24) is 5.32 Å². The third-order valence-corrected chi connectivity index (χ3v) is 2.35. The molecule has 0 radical (unpaired) electrons. The van der Waals surface area contributed by atoms with Crippen LogP contribution in [0.15, 0.2) is 0 Å². The Morgan fingerprint density at radius 3 is 2.50 bits per heavy atom. The molecule has 0 spiro atoms. The predicted octanol–water partition coefficient (Wildman–Crippen LogP) is 0.0992. The number of aliphatic hydroxyl groups excluding tert-OH is 1. The number of carboxylic acids is 1. The minimum absolute atomic E-state index is 0.171. The molecule has 0 aliphatic carbocycles. The van der Waals surface area contributed by atoms with Crippen molar-refractivity contribution in [2.45, 2.75) is 32.4 Å². The molecule has 0 rings (SSSR count). The number of methoxy groups -OCH3 is 1. The van der Waals surface area contributed by atoms with Gasteiger partial charge in [-0.25, -0.2) is 0 Å². The minimum Gasteiger partial charge on any atom is -0.480 e. The van der Waals surface area contributed by atoms with E-state index in [1.165, 1.54) is 0 Å². The van der Waals surface area contributed by atoms with Gasteiger partial charge >= 0.3 is 5.97 Å². The van der Waals surface area contributed by atoms with Crippen molar-refractivity contribution in [1.29, 1.82) is 0 Å². The Bertz CT molecular complexity index is 223. The molecular weight excluding hydrogens is 238 g/mol. The predicted molar refractivity (Wildman–Crippen MR) is 67.6 cm³/mol. The van der Waals surface area contributed by atoms with Crippen molar-refractivity contribution in [2.24, 2.45) is 5.92 Å². The minimum atomic E-state index is -0.892. The van der Waals surface area contributed by atoms with Crippen LogP contribution in [0.1, 0.15) is 20.3 Å². The molecule has 0 bridgehead atoms. The van der Waals surface area contributed by atoms with E-state index in [-0.39, 0.29) is 19.1 Å². The summed E-state index contributed by atoms with van der Waals surface area (Å²) in [6.45, 7) is 5.19. The molecule has 2 unspecified atom stereocenters. The molecule has 2 atom stereocenters. The first-order valence-corrected chi connectivity index (χ1v) is 6.18. The first-order valence-electron chi connectivity index (χ1n) is 6.18. The molecule has 18 heavy (non-hydrogen) atoms. The van der Waals surface area contributed by atoms with Gasteiger partial charge in [0, 0.05) is 13.7 Å². The summed E-state index contributed by atoms with van der Waals surface area (Å²) in [5, 5.41) is 21.4. The van der Waals surface area contributed by atoms with Crippen LogP contribution >= 0.6 is 0 Å². The Morgan fingerprint density at radius 2 is 2.00 bits per heavy atom. The Hall–Kier alpha value is -0.690. The zero-order valence-corrected chi connectivity index (χ0v) is 11.4. The molecule has 6 heteroatoms. The molecule has 0 aromatic carbocycles. The van der Waals surface area contributed by atoms with Crippen molar-refractivity contribution in [3.05, 3.63) is 0 Å². The van der Waals surface area contributed by atoms with E-state index in [4.69, 9.17) is 14.6 Å². The lowest BCUT2D eigenvalue weighted by Crippen LogP contribution is -2.42. The van der Waals surface area contributed by atoms with Gasteiger partial charge in [-0.15, -0.1) is 0 Å². The SMILES string of the molecule is COCCOCC(O)CNC(CC(C)C)C(=O)O. The van der Waals surface area contributed by atoms with E-state index in [1.807, 2.05) is 13.8 Å². The molecule has 0 heterocycles. The van der Waals surface area contributed by atoms with Gasteiger partial charge in [-0.1, -0.05) is 13.8 Å². The summed E-state index contributed by atoms with van der Waals surface area (Å²) in [6.07, 6.45) is -0.178. The maximum atomic E-state index is 11.0. The Labute approximate surface area is 108 Å². The second-order valence-corrected chi connectivity index (χ2v) is 4.65. The highest BCUT2D eigenvalue weighted by atomic mass is 16.5. The van der Waals surface area contributed by atoms with Gasteiger partial charge in [0.05, 0.1) is 25.9 Å². The summed E-state index contributed by atoms with van der Waals surface area (Å²) < 4.78 is 9.94. The Kier molecular flexibility index (Phi) is 9.86. The van der Waals surface area contributed by atoms with Gasteiger partial charge in [0.25, 0.3) is 0 Å². The van der Waals surface area contributed by atoms with Gasteiger partial charge < -0.3 is 25.0 Å². The first-order chi connectivity index (χ1) is 8.47. The van der Waals surface area contributed by atoms with Crippen LogP contribution in [0.3, 0.4) is 0 Å². The fourth-order valence-electron chi connectivity index (χ4n) is 1.44. The third-order valence-electron chi connectivity index (χ3n) is 2.35. The lowest BCUT2D eigenvalue weighted by Gasteiger charge is -2.19. The quantitative estimate of drug-likeness (QED) is 0.458. The van der Waals surface area contributed by atoms with Crippen molar-refractivity contribution in [3.8, 4) is 0 Å². The molecule has 0 fully saturated rings. The topological polar surface area (TPSA) is 88.0 Å². The molecule has 0 aliphatic rings. The molecule has 0 aromatic heterocycles. The number of carboxylic acid groups (broad SMARTS) is 1. The number of carbonyl (C=O) groups is 1. The summed E-state index contributed by atoms with van der Waals surface area (Å²) in [7, 11) is 1.57. The molecular formula is C12H25NO5. The number of aliphatic hydroxyl groups is 1. The number of aliphatic carboxylic acids is 1. The van der Waals surface area contributed by atoms with Crippen LogP contribution in [0.4, 0.5) is 0 Å². The molecule has 6 nitrogen and oxygen atoms in total. The van der Waals surface area contributed by atoms with E-state index in [0.717, 1.165) is 0 Å². The molecule has 0 saturated heterocycles. The van der Waals surface area contributed by atoms with Crippen LogP contribution in [0, 0.1) is 5.92 Å². The van der Waals surface area contributed by atoms with Crippen LogP contribution < -0.4 is 5.32 Å². The normalized spacial score (nSPS) is 14.7. The summed E-state index contributed by atoms with van der Waals surface area (Å²) in [4.78, 5) is 11.0. The van der Waals surface area contributed by atoms with Crippen LogP contribution in [-0.2, 0) is 14.3 Å². The molecule has 108 valence electrons. The van der Waals surface area contributed by atoms with Gasteiger partial charge in [0.2, 0.25) is 0 Å². The van der Waals surface area contributed by atoms with E-state index in [1.54, 1.807) is 7.11 Å². The van der Waals surface area contributed by atoms with E-state index < -0.39 is 18.1 Å². The lowest BCUT2D eigenvalue weighted by atomic mass is 10.0. The number of ether oxygens (including phenoxy) is 2.